The summed E-state index contributed by atoms with van der Waals surface area (Å²) in [6.45, 7) is -2.89. The fraction of sp³-hybridized carbons (Fsp3) is 0.400. The molecule has 0 saturated carbocycles. The molecule has 0 atom stereocenters. The molecule has 0 spiro atoms. The van der Waals surface area contributed by atoms with Gasteiger partial charge in [-0.15, -0.1) is 0 Å². The molecule has 0 aliphatic rings. The molecule has 0 heterocycles. The van der Waals surface area contributed by atoms with Crippen LogP contribution in [0.15, 0.2) is 24.3 Å². The number of aliphatic carboxylic acids is 4. The lowest BCUT2D eigenvalue weighted by atomic mass is 10.1. The van der Waals surface area contributed by atoms with Crippen LogP contribution in [-0.4, -0.2) is 119 Å². The van der Waals surface area contributed by atoms with E-state index in [0.29, 0.717) is 0 Å². The molecule has 0 amide bonds. The Morgan fingerprint density at radius 1 is 0.559 bits per heavy atom. The summed E-state index contributed by atoms with van der Waals surface area (Å²) in [6.07, 6.45) is 0. The maximum absolute atomic E-state index is 12.1. The van der Waals surface area contributed by atoms with Crippen molar-refractivity contribution < 1.29 is 58.7 Å². The van der Waals surface area contributed by atoms with Crippen LogP contribution in [0.1, 0.15) is 20.7 Å². The second kappa shape index (κ2) is 14.2. The Kier molecular flexibility index (Phi) is 11.7. The van der Waals surface area contributed by atoms with Crippen LogP contribution in [-0.2, 0) is 28.7 Å². The number of carbonyl (C=O) groups excluding carboxylic acids is 2. The number of carboxylic acids is 4. The zero-order valence-electron chi connectivity index (χ0n) is 17.9. The van der Waals surface area contributed by atoms with E-state index in [2.05, 4.69) is 0 Å². The van der Waals surface area contributed by atoms with E-state index in [4.69, 9.17) is 29.9 Å². The van der Waals surface area contributed by atoms with Crippen LogP contribution in [0.25, 0.3) is 0 Å². The third-order valence-electron chi connectivity index (χ3n) is 4.07. The van der Waals surface area contributed by atoms with Crippen LogP contribution in [0.2, 0.25) is 0 Å². The molecule has 1 aromatic rings. The Balaban J connectivity index is 2.53. The van der Waals surface area contributed by atoms with E-state index in [1.165, 1.54) is 24.3 Å². The van der Waals surface area contributed by atoms with E-state index in [1.54, 1.807) is 0 Å². The third kappa shape index (κ3) is 11.5. The molecule has 0 saturated heterocycles. The molecule has 14 heteroatoms. The smallest absolute Gasteiger partial charge is 0.338 e. The molecule has 1 aromatic carbocycles. The molecule has 0 aliphatic carbocycles. The molecule has 4 N–H and O–H groups in total. The van der Waals surface area contributed by atoms with Gasteiger partial charge in [0.1, 0.15) is 13.2 Å². The van der Waals surface area contributed by atoms with Crippen molar-refractivity contribution >= 4 is 35.8 Å². The van der Waals surface area contributed by atoms with Gasteiger partial charge in [0, 0.05) is 13.1 Å². The van der Waals surface area contributed by atoms with Gasteiger partial charge >= 0.3 is 35.8 Å². The second-order valence-corrected chi connectivity index (χ2v) is 6.85. The van der Waals surface area contributed by atoms with Gasteiger partial charge < -0.3 is 29.9 Å². The van der Waals surface area contributed by atoms with Crippen LogP contribution in [0.5, 0.6) is 0 Å². The summed E-state index contributed by atoms with van der Waals surface area (Å²) >= 11 is 0. The first kappa shape index (κ1) is 28.0. The zero-order chi connectivity index (χ0) is 25.7. The molecular weight excluding hydrogens is 460 g/mol. The molecule has 34 heavy (non-hydrogen) atoms. The SMILES string of the molecule is O=C(O)CN(CCOC(=O)c1ccc(C(=O)OCCN(CC(=O)O)CC(=O)O)cc1)CC(=O)O. The fourth-order valence-electron chi connectivity index (χ4n) is 2.64. The highest BCUT2D eigenvalue weighted by molar-refractivity contribution is 5.93. The average molecular weight is 484 g/mol. The largest absolute Gasteiger partial charge is 0.480 e. The Labute approximate surface area is 192 Å². The molecule has 0 unspecified atom stereocenters. The lowest BCUT2D eigenvalue weighted by Crippen LogP contribution is -2.37. The van der Waals surface area contributed by atoms with Crippen molar-refractivity contribution in [1.29, 1.82) is 0 Å². The van der Waals surface area contributed by atoms with Gasteiger partial charge in [-0.25, -0.2) is 9.59 Å². The van der Waals surface area contributed by atoms with Gasteiger partial charge in [0.2, 0.25) is 0 Å². The van der Waals surface area contributed by atoms with Crippen molar-refractivity contribution in [2.45, 2.75) is 0 Å². The fourth-order valence-corrected chi connectivity index (χ4v) is 2.64. The predicted molar refractivity (Wildman–Crippen MR) is 110 cm³/mol. The molecular formula is C20H24N2O12. The maximum Gasteiger partial charge on any atom is 0.338 e. The number of carboxylic acid groups (broad SMARTS) is 4. The van der Waals surface area contributed by atoms with Gasteiger partial charge in [-0.2, -0.15) is 0 Å². The summed E-state index contributed by atoms with van der Waals surface area (Å²) in [4.78, 5) is 69.3. The maximum atomic E-state index is 12.1. The molecule has 0 aromatic heterocycles. The predicted octanol–water partition coefficient (Wildman–Crippen LogP) is -1.06. The van der Waals surface area contributed by atoms with Gasteiger partial charge in [-0.3, -0.25) is 29.0 Å². The van der Waals surface area contributed by atoms with Crippen molar-refractivity contribution in [3.63, 3.8) is 0 Å². The van der Waals surface area contributed by atoms with Crippen molar-refractivity contribution in [2.24, 2.45) is 0 Å². The number of esters is 2. The van der Waals surface area contributed by atoms with E-state index in [9.17, 15) is 28.8 Å². The van der Waals surface area contributed by atoms with Crippen molar-refractivity contribution in [3.05, 3.63) is 35.4 Å². The van der Waals surface area contributed by atoms with Crippen molar-refractivity contribution in [3.8, 4) is 0 Å². The van der Waals surface area contributed by atoms with E-state index in [-0.39, 0.29) is 37.4 Å². The quantitative estimate of drug-likeness (QED) is 0.206. The van der Waals surface area contributed by atoms with Gasteiger partial charge in [0.05, 0.1) is 37.3 Å². The third-order valence-corrected chi connectivity index (χ3v) is 4.07. The van der Waals surface area contributed by atoms with Crippen LogP contribution >= 0.6 is 0 Å². The number of rotatable bonds is 16. The standard InChI is InChI=1S/C20H24N2O12/c23-15(24)9-21(10-16(25)26)5-7-33-19(31)13-1-2-14(4-3-13)20(32)34-8-6-22(11-17(27)28)12-18(29)30/h1-4H,5-12H2,(H,23,24)(H,25,26)(H,27,28)(H,29,30). The van der Waals surface area contributed by atoms with E-state index in [1.807, 2.05) is 0 Å². The minimum absolute atomic E-state index is 0.0775. The summed E-state index contributed by atoms with van der Waals surface area (Å²) in [5.41, 5.74) is 0.155. The molecule has 14 nitrogen and oxygen atoms in total. The normalized spacial score (nSPS) is 10.6. The summed E-state index contributed by atoms with van der Waals surface area (Å²) in [6, 6.07) is 5.14. The number of hydrogen-bond acceptors (Lipinski definition) is 10. The topological polar surface area (TPSA) is 208 Å². The van der Waals surface area contributed by atoms with Gasteiger partial charge in [-0.1, -0.05) is 0 Å². The number of benzene rings is 1. The highest BCUT2D eigenvalue weighted by Gasteiger charge is 2.17. The molecule has 1 rings (SSSR count). The molecule has 0 bridgehead atoms. The van der Waals surface area contributed by atoms with Crippen LogP contribution < -0.4 is 0 Å². The summed E-state index contributed by atoms with van der Waals surface area (Å²) in [5.74, 6) is -6.47. The second-order valence-electron chi connectivity index (χ2n) is 6.85. The number of carbonyl (C=O) groups is 6. The first-order chi connectivity index (χ1) is 16.0. The van der Waals surface area contributed by atoms with Gasteiger partial charge in [0.25, 0.3) is 0 Å². The van der Waals surface area contributed by atoms with E-state index < -0.39 is 62.0 Å². The lowest BCUT2D eigenvalue weighted by molar-refractivity contribution is -0.144. The summed E-state index contributed by atoms with van der Waals surface area (Å²) < 4.78 is 9.99. The molecule has 186 valence electrons. The van der Waals surface area contributed by atoms with Gasteiger partial charge in [-0.05, 0) is 24.3 Å². The van der Waals surface area contributed by atoms with Crippen molar-refractivity contribution in [1.82, 2.24) is 9.80 Å². The first-order valence-corrected chi connectivity index (χ1v) is 9.74. The summed E-state index contributed by atoms with van der Waals surface area (Å²) in [5, 5.41) is 35.1. The molecule has 0 fully saturated rings. The van der Waals surface area contributed by atoms with Crippen LogP contribution in [0, 0.1) is 0 Å². The highest BCUT2D eigenvalue weighted by Crippen LogP contribution is 2.08. The van der Waals surface area contributed by atoms with Gasteiger partial charge in [0.15, 0.2) is 0 Å². The Bertz CT molecular complexity index is 794. The highest BCUT2D eigenvalue weighted by atomic mass is 16.5. The minimum atomic E-state index is -1.23. The minimum Gasteiger partial charge on any atom is -0.480 e. The van der Waals surface area contributed by atoms with Crippen LogP contribution in [0.3, 0.4) is 0 Å². The Morgan fingerprint density at radius 3 is 1.06 bits per heavy atom. The molecule has 0 aliphatic heterocycles. The lowest BCUT2D eigenvalue weighted by Gasteiger charge is -2.17. The number of nitrogens with zero attached hydrogens (tertiary/aromatic N) is 2. The number of hydrogen-bond donors (Lipinski definition) is 4. The monoisotopic (exact) mass is 484 g/mol. The zero-order valence-corrected chi connectivity index (χ0v) is 17.9. The van der Waals surface area contributed by atoms with E-state index in [0.717, 1.165) is 9.80 Å². The van der Waals surface area contributed by atoms with Crippen LogP contribution in [0.4, 0.5) is 0 Å². The first-order valence-electron chi connectivity index (χ1n) is 9.74. The Morgan fingerprint density at radius 2 is 0.824 bits per heavy atom. The Hall–Kier alpha value is -4.04. The summed E-state index contributed by atoms with van der Waals surface area (Å²) in [7, 11) is 0. The molecule has 0 radical (unpaired) electrons. The van der Waals surface area contributed by atoms with E-state index >= 15 is 0 Å². The van der Waals surface area contributed by atoms with Crippen molar-refractivity contribution in [2.75, 3.05) is 52.5 Å². The number of ether oxygens (including phenoxy) is 2. The average Bonchev–Trinajstić information content (AvgIpc) is 2.71.